The van der Waals surface area contributed by atoms with E-state index in [-0.39, 0.29) is 0 Å². The molecule has 1 heterocycles. The molecule has 0 amide bonds. The van der Waals surface area contributed by atoms with Gasteiger partial charge in [0.05, 0.1) is 0 Å². The third-order valence-electron chi connectivity index (χ3n) is 1.88. The Balaban J connectivity index is 2.47. The fourth-order valence-corrected chi connectivity index (χ4v) is 1.24. The first-order valence-electron chi connectivity index (χ1n) is 4.72. The molecule has 0 aliphatic heterocycles. The second-order valence-electron chi connectivity index (χ2n) is 3.07. The maximum Gasteiger partial charge on any atom is 0.126 e. The van der Waals surface area contributed by atoms with Gasteiger partial charge in [0.1, 0.15) is 10.8 Å². The first-order chi connectivity index (χ1) is 7.24. The van der Waals surface area contributed by atoms with E-state index in [1.54, 1.807) is 19.4 Å². The Bertz CT molecular complexity index is 330. The molecule has 0 atom stereocenters. The van der Waals surface area contributed by atoms with Crippen LogP contribution in [-0.4, -0.2) is 30.2 Å². The van der Waals surface area contributed by atoms with Gasteiger partial charge < -0.3 is 15.8 Å². The van der Waals surface area contributed by atoms with Crippen LogP contribution in [0.3, 0.4) is 0 Å². The summed E-state index contributed by atoms with van der Waals surface area (Å²) in [6.07, 6.45) is 2.63. The number of pyridine rings is 1. The van der Waals surface area contributed by atoms with E-state index in [0.29, 0.717) is 4.99 Å². The lowest BCUT2D eigenvalue weighted by Crippen LogP contribution is -2.11. The molecule has 1 aromatic heterocycles. The predicted octanol–water partition coefficient (Wildman–Crippen LogP) is 1.16. The lowest BCUT2D eigenvalue weighted by molar-refractivity contribution is 0.198. The molecule has 5 heteroatoms. The molecule has 0 saturated carbocycles. The zero-order valence-corrected chi connectivity index (χ0v) is 9.51. The van der Waals surface area contributed by atoms with Gasteiger partial charge in [-0.15, -0.1) is 0 Å². The molecular weight excluding hydrogens is 210 g/mol. The van der Waals surface area contributed by atoms with Crippen LogP contribution in [-0.2, 0) is 4.74 Å². The normalized spacial score (nSPS) is 9.93. The summed E-state index contributed by atoms with van der Waals surface area (Å²) in [5, 5.41) is 3.17. The minimum Gasteiger partial charge on any atom is -0.389 e. The third kappa shape index (κ3) is 4.22. The highest BCUT2D eigenvalue weighted by molar-refractivity contribution is 7.80. The van der Waals surface area contributed by atoms with Crippen LogP contribution in [0.2, 0.25) is 0 Å². The van der Waals surface area contributed by atoms with E-state index in [1.165, 1.54) is 0 Å². The summed E-state index contributed by atoms with van der Waals surface area (Å²) in [7, 11) is 1.69. The molecule has 15 heavy (non-hydrogen) atoms. The molecule has 3 N–H and O–H groups in total. The van der Waals surface area contributed by atoms with Crippen molar-refractivity contribution in [1.82, 2.24) is 4.98 Å². The monoisotopic (exact) mass is 225 g/mol. The van der Waals surface area contributed by atoms with Crippen molar-refractivity contribution in [3.63, 3.8) is 0 Å². The standard InChI is InChI=1S/C10H15N3OS/c1-14-6-2-4-12-9-7-8(10(11)15)3-5-13-9/h3,5,7H,2,4,6H2,1H3,(H2,11,15)(H,12,13). The van der Waals surface area contributed by atoms with Crippen molar-refractivity contribution in [3.8, 4) is 0 Å². The van der Waals surface area contributed by atoms with Gasteiger partial charge in [0, 0.05) is 32.0 Å². The van der Waals surface area contributed by atoms with Crippen molar-refractivity contribution in [2.75, 3.05) is 25.6 Å². The van der Waals surface area contributed by atoms with E-state index in [1.807, 2.05) is 6.07 Å². The number of nitrogens with zero attached hydrogens (tertiary/aromatic N) is 1. The predicted molar refractivity (Wildman–Crippen MR) is 65.1 cm³/mol. The topological polar surface area (TPSA) is 60.2 Å². The molecule has 0 aliphatic rings. The number of rotatable bonds is 6. The van der Waals surface area contributed by atoms with Crippen molar-refractivity contribution in [2.45, 2.75) is 6.42 Å². The second-order valence-corrected chi connectivity index (χ2v) is 3.51. The third-order valence-corrected chi connectivity index (χ3v) is 2.11. The average molecular weight is 225 g/mol. The molecule has 1 rings (SSSR count). The molecule has 0 saturated heterocycles. The van der Waals surface area contributed by atoms with Crippen molar-refractivity contribution in [3.05, 3.63) is 23.9 Å². The molecule has 4 nitrogen and oxygen atoms in total. The molecule has 0 radical (unpaired) electrons. The highest BCUT2D eigenvalue weighted by atomic mass is 32.1. The van der Waals surface area contributed by atoms with Crippen LogP contribution in [0.5, 0.6) is 0 Å². The summed E-state index contributed by atoms with van der Waals surface area (Å²) in [5.74, 6) is 0.788. The van der Waals surface area contributed by atoms with E-state index in [0.717, 1.165) is 31.0 Å². The summed E-state index contributed by atoms with van der Waals surface area (Å²) in [6.45, 7) is 1.56. The van der Waals surface area contributed by atoms with Gasteiger partial charge in [0.25, 0.3) is 0 Å². The molecule has 0 aromatic carbocycles. The zero-order valence-electron chi connectivity index (χ0n) is 8.69. The number of nitrogens with two attached hydrogens (primary N) is 1. The van der Waals surface area contributed by atoms with Crippen LogP contribution in [0, 0.1) is 0 Å². The first kappa shape index (κ1) is 11.9. The van der Waals surface area contributed by atoms with Gasteiger partial charge in [0.15, 0.2) is 0 Å². The van der Waals surface area contributed by atoms with Crippen molar-refractivity contribution >= 4 is 23.0 Å². The van der Waals surface area contributed by atoms with Gasteiger partial charge >= 0.3 is 0 Å². The average Bonchev–Trinajstić information content (AvgIpc) is 2.25. The lowest BCUT2D eigenvalue weighted by Gasteiger charge is -2.06. The highest BCUT2D eigenvalue weighted by Crippen LogP contribution is 2.06. The Kier molecular flexibility index (Phi) is 5.00. The Morgan fingerprint density at radius 3 is 3.13 bits per heavy atom. The summed E-state index contributed by atoms with van der Waals surface area (Å²) >= 11 is 4.88. The Hall–Kier alpha value is -1.20. The Labute approximate surface area is 94.8 Å². The summed E-state index contributed by atoms with van der Waals surface area (Å²) in [5.41, 5.74) is 6.34. The van der Waals surface area contributed by atoms with Gasteiger partial charge in [0.2, 0.25) is 0 Å². The number of aromatic nitrogens is 1. The minimum atomic E-state index is 0.386. The summed E-state index contributed by atoms with van der Waals surface area (Å²) in [6, 6.07) is 3.64. The Morgan fingerprint density at radius 2 is 2.47 bits per heavy atom. The van der Waals surface area contributed by atoms with E-state index < -0.39 is 0 Å². The molecule has 0 unspecified atom stereocenters. The smallest absolute Gasteiger partial charge is 0.126 e. The zero-order chi connectivity index (χ0) is 11.1. The maximum absolute atomic E-state index is 5.51. The molecule has 0 spiro atoms. The number of thiocarbonyl (C=S) groups is 1. The summed E-state index contributed by atoms with van der Waals surface area (Å²) in [4.78, 5) is 4.54. The lowest BCUT2D eigenvalue weighted by atomic mass is 10.2. The van der Waals surface area contributed by atoms with Crippen molar-refractivity contribution in [1.29, 1.82) is 0 Å². The molecule has 0 fully saturated rings. The van der Waals surface area contributed by atoms with Gasteiger partial charge in [-0.2, -0.15) is 0 Å². The largest absolute Gasteiger partial charge is 0.389 e. The second kappa shape index (κ2) is 6.31. The van der Waals surface area contributed by atoms with Gasteiger partial charge in [-0.25, -0.2) is 4.98 Å². The molecular formula is C10H15N3OS. The van der Waals surface area contributed by atoms with Crippen LogP contribution >= 0.6 is 12.2 Å². The van der Waals surface area contributed by atoms with Gasteiger partial charge in [-0.05, 0) is 18.6 Å². The first-order valence-corrected chi connectivity index (χ1v) is 5.13. The van der Waals surface area contributed by atoms with E-state index in [2.05, 4.69) is 10.3 Å². The van der Waals surface area contributed by atoms with E-state index in [4.69, 9.17) is 22.7 Å². The fourth-order valence-electron chi connectivity index (χ4n) is 1.11. The summed E-state index contributed by atoms with van der Waals surface area (Å²) < 4.78 is 4.94. The quantitative estimate of drug-likeness (QED) is 0.562. The minimum absolute atomic E-state index is 0.386. The molecule has 0 aliphatic carbocycles. The number of nitrogens with one attached hydrogen (secondary N) is 1. The van der Waals surface area contributed by atoms with Crippen LogP contribution in [0.25, 0.3) is 0 Å². The van der Waals surface area contributed by atoms with E-state index >= 15 is 0 Å². The van der Waals surface area contributed by atoms with Crippen LogP contribution in [0.4, 0.5) is 5.82 Å². The molecule has 0 bridgehead atoms. The number of ether oxygens (including phenoxy) is 1. The molecule has 1 aromatic rings. The van der Waals surface area contributed by atoms with Crippen molar-refractivity contribution < 1.29 is 4.74 Å². The van der Waals surface area contributed by atoms with Crippen LogP contribution < -0.4 is 11.1 Å². The number of hydrogen-bond donors (Lipinski definition) is 2. The number of methoxy groups -OCH3 is 1. The van der Waals surface area contributed by atoms with Crippen molar-refractivity contribution in [2.24, 2.45) is 5.73 Å². The number of hydrogen-bond acceptors (Lipinski definition) is 4. The van der Waals surface area contributed by atoms with Gasteiger partial charge in [-0.3, -0.25) is 0 Å². The molecule has 82 valence electrons. The van der Waals surface area contributed by atoms with E-state index in [9.17, 15) is 0 Å². The maximum atomic E-state index is 5.51. The van der Waals surface area contributed by atoms with Crippen LogP contribution in [0.15, 0.2) is 18.3 Å². The van der Waals surface area contributed by atoms with Crippen LogP contribution in [0.1, 0.15) is 12.0 Å². The highest BCUT2D eigenvalue weighted by Gasteiger charge is 1.98. The van der Waals surface area contributed by atoms with Gasteiger partial charge in [-0.1, -0.05) is 12.2 Å². The SMILES string of the molecule is COCCCNc1cc(C(N)=S)ccn1. The number of anilines is 1. The Morgan fingerprint density at radius 1 is 1.67 bits per heavy atom. The fraction of sp³-hybridized carbons (Fsp3) is 0.400.